The number of imidazole rings is 1. The van der Waals surface area contributed by atoms with Crippen LogP contribution in [0.15, 0.2) is 27.8 Å². The van der Waals surface area contributed by atoms with Crippen LogP contribution in [0, 0.1) is 11.6 Å². The molecular weight excluding hydrogens is 374 g/mol. The lowest BCUT2D eigenvalue weighted by Gasteiger charge is -2.06. The standard InChI is InChI=1S/C18H18F2N4O4/c1-3-4-7-24-15-14(16(25)22-18(24)27)23(2)13(21-15)9-28-17(26)11-6-5-10(19)8-12(11)20/h5-6,8H,3-4,7,9H2,1-2H3,(H,22,25,27). The summed E-state index contributed by atoms with van der Waals surface area (Å²) in [5.41, 5.74) is -1.25. The number of hydrogen-bond donors (Lipinski definition) is 1. The van der Waals surface area contributed by atoms with Gasteiger partial charge in [-0.25, -0.2) is 23.4 Å². The van der Waals surface area contributed by atoms with Gasteiger partial charge in [0.2, 0.25) is 0 Å². The minimum absolute atomic E-state index is 0.162. The fourth-order valence-electron chi connectivity index (χ4n) is 2.81. The molecule has 3 rings (SSSR count). The van der Waals surface area contributed by atoms with E-state index in [-0.39, 0.29) is 23.6 Å². The molecule has 2 aromatic heterocycles. The molecule has 148 valence electrons. The summed E-state index contributed by atoms with van der Waals surface area (Å²) in [6.45, 7) is 1.98. The van der Waals surface area contributed by atoms with Gasteiger partial charge in [0.15, 0.2) is 11.2 Å². The Labute approximate surface area is 157 Å². The van der Waals surface area contributed by atoms with E-state index in [0.29, 0.717) is 19.0 Å². The van der Waals surface area contributed by atoms with Gasteiger partial charge in [0.1, 0.15) is 24.1 Å². The number of hydrogen-bond acceptors (Lipinski definition) is 5. The molecule has 0 unspecified atom stereocenters. The largest absolute Gasteiger partial charge is 0.454 e. The van der Waals surface area contributed by atoms with Gasteiger partial charge in [0, 0.05) is 19.7 Å². The van der Waals surface area contributed by atoms with Crippen LogP contribution in [0.3, 0.4) is 0 Å². The van der Waals surface area contributed by atoms with Gasteiger partial charge < -0.3 is 9.30 Å². The smallest absolute Gasteiger partial charge is 0.341 e. The van der Waals surface area contributed by atoms with E-state index >= 15 is 0 Å². The molecular formula is C18H18F2N4O4. The number of nitrogens with zero attached hydrogens (tertiary/aromatic N) is 3. The Balaban J connectivity index is 1.92. The molecule has 0 amide bonds. The number of H-pyrrole nitrogens is 1. The van der Waals surface area contributed by atoms with E-state index in [0.717, 1.165) is 18.6 Å². The van der Waals surface area contributed by atoms with E-state index in [9.17, 15) is 23.2 Å². The van der Waals surface area contributed by atoms with Crippen molar-refractivity contribution in [2.24, 2.45) is 7.05 Å². The Bertz CT molecular complexity index is 1160. The molecule has 28 heavy (non-hydrogen) atoms. The molecule has 0 radical (unpaired) electrons. The number of aromatic nitrogens is 4. The lowest BCUT2D eigenvalue weighted by molar-refractivity contribution is 0.0454. The van der Waals surface area contributed by atoms with Crippen molar-refractivity contribution in [3.63, 3.8) is 0 Å². The topological polar surface area (TPSA) is 99.0 Å². The summed E-state index contributed by atoms with van der Waals surface area (Å²) in [6, 6.07) is 2.51. The van der Waals surface area contributed by atoms with Crippen molar-refractivity contribution >= 4 is 17.1 Å². The van der Waals surface area contributed by atoms with Crippen LogP contribution < -0.4 is 11.2 Å². The maximum absolute atomic E-state index is 13.7. The minimum Gasteiger partial charge on any atom is -0.454 e. The van der Waals surface area contributed by atoms with Crippen molar-refractivity contribution in [2.75, 3.05) is 0 Å². The number of ether oxygens (including phenoxy) is 1. The maximum Gasteiger partial charge on any atom is 0.341 e. The number of rotatable bonds is 6. The van der Waals surface area contributed by atoms with Gasteiger partial charge in [0.05, 0.1) is 5.56 Å². The first-order chi connectivity index (χ1) is 13.3. The Kier molecular flexibility index (Phi) is 5.39. The van der Waals surface area contributed by atoms with Gasteiger partial charge in [-0.15, -0.1) is 0 Å². The van der Waals surface area contributed by atoms with E-state index < -0.39 is 34.4 Å². The van der Waals surface area contributed by atoms with E-state index in [1.165, 1.54) is 9.13 Å². The lowest BCUT2D eigenvalue weighted by atomic mass is 10.2. The highest BCUT2D eigenvalue weighted by atomic mass is 19.1. The maximum atomic E-state index is 13.7. The average Bonchev–Trinajstić information content (AvgIpc) is 2.96. The molecule has 8 nitrogen and oxygen atoms in total. The number of carbonyl (C=O) groups excluding carboxylic acids is 1. The van der Waals surface area contributed by atoms with Crippen molar-refractivity contribution in [3.8, 4) is 0 Å². The molecule has 0 aliphatic carbocycles. The number of nitrogens with one attached hydrogen (secondary N) is 1. The van der Waals surface area contributed by atoms with Crippen LogP contribution in [0.4, 0.5) is 8.78 Å². The minimum atomic E-state index is -1.04. The summed E-state index contributed by atoms with van der Waals surface area (Å²) in [7, 11) is 1.54. The third-order valence-corrected chi connectivity index (χ3v) is 4.32. The van der Waals surface area contributed by atoms with Crippen LogP contribution in [0.2, 0.25) is 0 Å². The van der Waals surface area contributed by atoms with Crippen LogP contribution in [0.25, 0.3) is 11.2 Å². The number of unbranched alkanes of at least 4 members (excludes halogenated alkanes) is 1. The molecule has 0 aliphatic heterocycles. The molecule has 3 aromatic rings. The van der Waals surface area contributed by atoms with Crippen molar-refractivity contribution in [1.82, 2.24) is 19.1 Å². The summed E-state index contributed by atoms with van der Waals surface area (Å²) in [4.78, 5) is 42.8. The van der Waals surface area contributed by atoms with Crippen molar-refractivity contribution < 1.29 is 18.3 Å². The fraction of sp³-hybridized carbons (Fsp3) is 0.333. The van der Waals surface area contributed by atoms with Crippen LogP contribution in [-0.2, 0) is 24.9 Å². The van der Waals surface area contributed by atoms with E-state index in [1.54, 1.807) is 7.05 Å². The van der Waals surface area contributed by atoms with Gasteiger partial charge in [-0.3, -0.25) is 14.3 Å². The Morgan fingerprint density at radius 1 is 1.29 bits per heavy atom. The Morgan fingerprint density at radius 3 is 2.71 bits per heavy atom. The lowest BCUT2D eigenvalue weighted by Crippen LogP contribution is -2.31. The van der Waals surface area contributed by atoms with E-state index in [2.05, 4.69) is 9.97 Å². The summed E-state index contributed by atoms with van der Waals surface area (Å²) < 4.78 is 34.5. The summed E-state index contributed by atoms with van der Waals surface area (Å²) in [5.74, 6) is -2.65. The van der Waals surface area contributed by atoms with Crippen LogP contribution in [0.5, 0.6) is 0 Å². The number of carbonyl (C=O) groups is 1. The second kappa shape index (κ2) is 7.75. The number of fused-ring (bicyclic) bond motifs is 1. The zero-order valence-corrected chi connectivity index (χ0v) is 15.3. The third-order valence-electron chi connectivity index (χ3n) is 4.32. The monoisotopic (exact) mass is 392 g/mol. The molecule has 0 fully saturated rings. The van der Waals surface area contributed by atoms with Crippen molar-refractivity contribution in [2.45, 2.75) is 32.9 Å². The first-order valence-electron chi connectivity index (χ1n) is 8.64. The van der Waals surface area contributed by atoms with Gasteiger partial charge in [-0.2, -0.15) is 0 Å². The first kappa shape index (κ1) is 19.5. The predicted octanol–water partition coefficient (Wildman–Crippen LogP) is 1.86. The van der Waals surface area contributed by atoms with E-state index in [1.807, 2.05) is 6.92 Å². The van der Waals surface area contributed by atoms with E-state index in [4.69, 9.17) is 4.74 Å². The highest BCUT2D eigenvalue weighted by molar-refractivity contribution is 5.89. The second-order valence-electron chi connectivity index (χ2n) is 6.22. The molecule has 2 heterocycles. The zero-order chi connectivity index (χ0) is 20.4. The molecule has 0 aliphatic rings. The number of aryl methyl sites for hydroxylation is 2. The van der Waals surface area contributed by atoms with Gasteiger partial charge in [-0.1, -0.05) is 13.3 Å². The molecule has 1 N–H and O–H groups in total. The number of benzene rings is 1. The molecule has 1 aromatic carbocycles. The predicted molar refractivity (Wildman–Crippen MR) is 96.0 cm³/mol. The number of esters is 1. The highest BCUT2D eigenvalue weighted by Crippen LogP contribution is 2.14. The Hall–Kier alpha value is -3.30. The van der Waals surface area contributed by atoms with Crippen LogP contribution in [-0.4, -0.2) is 25.1 Å². The second-order valence-corrected chi connectivity index (χ2v) is 6.22. The van der Waals surface area contributed by atoms with Crippen LogP contribution in [0.1, 0.15) is 35.9 Å². The van der Waals surface area contributed by atoms with Crippen LogP contribution >= 0.6 is 0 Å². The molecule has 0 spiro atoms. The summed E-state index contributed by atoms with van der Waals surface area (Å²) >= 11 is 0. The normalized spacial score (nSPS) is 11.1. The quantitative estimate of drug-likeness (QED) is 0.646. The third kappa shape index (κ3) is 3.57. The summed E-state index contributed by atoms with van der Waals surface area (Å²) in [5, 5.41) is 0. The average molecular weight is 392 g/mol. The van der Waals surface area contributed by atoms with Gasteiger partial charge in [0.25, 0.3) is 5.56 Å². The highest BCUT2D eigenvalue weighted by Gasteiger charge is 2.19. The SMILES string of the molecule is CCCCn1c(=O)[nH]c(=O)c2c1nc(COC(=O)c1ccc(F)cc1F)n2C. The molecule has 10 heteroatoms. The number of halogens is 2. The fourth-order valence-corrected chi connectivity index (χ4v) is 2.81. The van der Waals surface area contributed by atoms with Crippen molar-refractivity contribution in [1.29, 1.82) is 0 Å². The summed E-state index contributed by atoms with van der Waals surface area (Å²) in [6.07, 6.45) is 1.55. The Morgan fingerprint density at radius 2 is 2.04 bits per heavy atom. The first-order valence-corrected chi connectivity index (χ1v) is 8.64. The number of aromatic amines is 1. The molecule has 0 saturated heterocycles. The molecule has 0 bridgehead atoms. The zero-order valence-electron chi connectivity index (χ0n) is 15.3. The van der Waals surface area contributed by atoms with Gasteiger partial charge >= 0.3 is 11.7 Å². The molecule has 0 saturated carbocycles. The molecule has 0 atom stereocenters. The van der Waals surface area contributed by atoms with Crippen molar-refractivity contribution in [3.05, 3.63) is 62.1 Å². The van der Waals surface area contributed by atoms with Gasteiger partial charge in [-0.05, 0) is 18.6 Å².